The van der Waals surface area contributed by atoms with Gasteiger partial charge in [-0.25, -0.2) is 14.4 Å². The highest BCUT2D eigenvalue weighted by Crippen LogP contribution is 2.27. The van der Waals surface area contributed by atoms with Gasteiger partial charge in [-0.1, -0.05) is 0 Å². The van der Waals surface area contributed by atoms with E-state index in [9.17, 15) is 18.8 Å². The van der Waals surface area contributed by atoms with Crippen LogP contribution >= 0.6 is 0 Å². The number of amides is 1. The Morgan fingerprint density at radius 3 is 2.59 bits per heavy atom. The number of hydrogen-bond donors (Lipinski definition) is 3. The number of amidine groups is 1. The minimum atomic E-state index is -0.789. The van der Waals surface area contributed by atoms with Crippen molar-refractivity contribution in [2.24, 2.45) is 16.5 Å². The number of carbonyl (C=O) groups excluding carboxylic acids is 1. The zero-order valence-electron chi connectivity index (χ0n) is 18.9. The fourth-order valence-electron chi connectivity index (χ4n) is 3.84. The van der Waals surface area contributed by atoms with Gasteiger partial charge in [0.2, 0.25) is 5.95 Å². The Morgan fingerprint density at radius 1 is 1.29 bits per heavy atom. The number of pyridine rings is 1. The fourth-order valence-corrected chi connectivity index (χ4v) is 3.84. The van der Waals surface area contributed by atoms with Crippen LogP contribution < -0.4 is 16.8 Å². The molecule has 10 heteroatoms. The number of nitrogens with two attached hydrogens (primary N) is 2. The molecule has 2 heterocycles. The largest absolute Gasteiger partial charge is 0.384 e. The van der Waals surface area contributed by atoms with Crippen molar-refractivity contribution >= 4 is 17.4 Å². The van der Waals surface area contributed by atoms with Crippen LogP contribution in [0.15, 0.2) is 53.3 Å². The monoisotopic (exact) mass is 467 g/mol. The first-order valence-corrected chi connectivity index (χ1v) is 10.8. The molecule has 1 aliphatic heterocycles. The molecule has 178 valence electrons. The summed E-state index contributed by atoms with van der Waals surface area (Å²) in [5.41, 5.74) is 12.6. The molecule has 1 aromatic carbocycles. The van der Waals surface area contributed by atoms with E-state index in [2.05, 4.69) is 26.3 Å². The molecule has 0 aliphatic carbocycles. The van der Waals surface area contributed by atoms with Crippen LogP contribution in [-0.4, -0.2) is 40.3 Å². The topological polar surface area (TPSA) is 133 Å². The SMILES string of the molecule is Cc1cnc(F)c(CN2CCC(CC#N)(N/C=C(/C(N)=O)C(N)=Nc3ccc(F)cc3)CC2)c1. The lowest BCUT2D eigenvalue weighted by atomic mass is 9.84. The summed E-state index contributed by atoms with van der Waals surface area (Å²) in [5, 5.41) is 12.6. The molecule has 8 nitrogen and oxygen atoms in total. The molecule has 1 aliphatic rings. The van der Waals surface area contributed by atoms with Gasteiger partial charge in [-0.05, 0) is 55.7 Å². The molecule has 0 spiro atoms. The number of likely N-dealkylation sites (tertiary alicyclic amines) is 1. The van der Waals surface area contributed by atoms with Gasteiger partial charge in [0.15, 0.2) is 0 Å². The number of primary amides is 1. The second-order valence-corrected chi connectivity index (χ2v) is 8.39. The van der Waals surface area contributed by atoms with E-state index in [-0.39, 0.29) is 17.8 Å². The number of nitrogens with one attached hydrogen (secondary N) is 1. The van der Waals surface area contributed by atoms with Gasteiger partial charge < -0.3 is 16.8 Å². The van der Waals surface area contributed by atoms with Gasteiger partial charge >= 0.3 is 0 Å². The van der Waals surface area contributed by atoms with Crippen LogP contribution in [0.1, 0.15) is 30.4 Å². The van der Waals surface area contributed by atoms with Crippen LogP contribution in [-0.2, 0) is 11.3 Å². The van der Waals surface area contributed by atoms with E-state index in [4.69, 9.17) is 11.5 Å². The highest BCUT2D eigenvalue weighted by Gasteiger charge is 2.34. The molecule has 0 radical (unpaired) electrons. The highest BCUT2D eigenvalue weighted by molar-refractivity contribution is 6.20. The molecule has 0 bridgehead atoms. The van der Waals surface area contributed by atoms with E-state index in [1.165, 1.54) is 36.7 Å². The lowest BCUT2D eigenvalue weighted by molar-refractivity contribution is -0.114. The van der Waals surface area contributed by atoms with Crippen molar-refractivity contribution in [2.45, 2.75) is 38.3 Å². The number of aliphatic imine (C=N–C) groups is 1. The van der Waals surface area contributed by atoms with Crippen LogP contribution in [0.3, 0.4) is 0 Å². The van der Waals surface area contributed by atoms with E-state index in [0.717, 1.165) is 5.56 Å². The lowest BCUT2D eigenvalue weighted by Gasteiger charge is -2.41. The summed E-state index contributed by atoms with van der Waals surface area (Å²) >= 11 is 0. The van der Waals surface area contributed by atoms with Crippen molar-refractivity contribution in [3.63, 3.8) is 0 Å². The maximum absolute atomic E-state index is 14.0. The van der Waals surface area contributed by atoms with Crippen molar-refractivity contribution in [3.05, 3.63) is 71.2 Å². The lowest BCUT2D eigenvalue weighted by Crippen LogP contribution is -2.51. The summed E-state index contributed by atoms with van der Waals surface area (Å²) in [4.78, 5) is 22.0. The molecular formula is C24H27F2N7O. The second kappa shape index (κ2) is 10.9. The van der Waals surface area contributed by atoms with Crippen molar-refractivity contribution in [2.75, 3.05) is 13.1 Å². The van der Waals surface area contributed by atoms with Gasteiger partial charge in [0.1, 0.15) is 11.7 Å². The molecule has 1 fully saturated rings. The third kappa shape index (κ3) is 6.36. The number of halogens is 2. The molecule has 0 unspecified atom stereocenters. The van der Waals surface area contributed by atoms with Gasteiger partial charge in [0, 0.05) is 37.6 Å². The summed E-state index contributed by atoms with van der Waals surface area (Å²) in [7, 11) is 0. The van der Waals surface area contributed by atoms with Gasteiger partial charge in [0.05, 0.1) is 29.3 Å². The average molecular weight is 468 g/mol. The first-order chi connectivity index (χ1) is 16.2. The van der Waals surface area contributed by atoms with Crippen LogP contribution in [0.4, 0.5) is 14.5 Å². The quantitative estimate of drug-likeness (QED) is 0.236. The number of carbonyl (C=O) groups is 1. The molecule has 2 aromatic rings. The number of piperidine rings is 1. The Hall–Kier alpha value is -3.84. The molecule has 0 atom stereocenters. The predicted octanol–water partition coefficient (Wildman–Crippen LogP) is 2.56. The fraction of sp³-hybridized carbons (Fsp3) is 0.333. The van der Waals surface area contributed by atoms with E-state index in [1.54, 1.807) is 6.07 Å². The van der Waals surface area contributed by atoms with Crippen molar-refractivity contribution in [1.82, 2.24) is 15.2 Å². The van der Waals surface area contributed by atoms with Gasteiger partial charge in [0.25, 0.3) is 5.91 Å². The standard InChI is InChI=1S/C24H27F2N7O/c1-16-12-17(21(26)30-13-16)15-33-10-7-24(6-9-27,8-11-33)31-14-20(23(29)34)22(28)32-19-4-2-18(25)3-5-19/h2-5,12-14,31H,6-8,10-11,15H2,1H3,(H2,28,32)(H2,29,34)/b20-14+. The van der Waals surface area contributed by atoms with Crippen molar-refractivity contribution < 1.29 is 13.6 Å². The van der Waals surface area contributed by atoms with Crippen LogP contribution in [0.2, 0.25) is 0 Å². The molecule has 0 saturated carbocycles. The summed E-state index contributed by atoms with van der Waals surface area (Å²) in [6.07, 6.45) is 4.24. The number of nitriles is 1. The van der Waals surface area contributed by atoms with Crippen molar-refractivity contribution in [1.29, 1.82) is 5.26 Å². The third-order valence-electron chi connectivity index (χ3n) is 5.81. The molecule has 1 aromatic heterocycles. The van der Waals surface area contributed by atoms with Crippen LogP contribution in [0, 0.1) is 30.0 Å². The third-order valence-corrected chi connectivity index (χ3v) is 5.81. The number of nitrogens with zero attached hydrogens (tertiary/aromatic N) is 4. The minimum absolute atomic E-state index is 0.0445. The number of hydrogen-bond acceptors (Lipinski definition) is 6. The Morgan fingerprint density at radius 2 is 1.97 bits per heavy atom. The van der Waals surface area contributed by atoms with Crippen molar-refractivity contribution in [3.8, 4) is 6.07 Å². The maximum Gasteiger partial charge on any atom is 0.253 e. The Bertz CT molecular complexity index is 1130. The highest BCUT2D eigenvalue weighted by atomic mass is 19.1. The Balaban J connectivity index is 1.72. The molecule has 34 heavy (non-hydrogen) atoms. The predicted molar refractivity (Wildman–Crippen MR) is 124 cm³/mol. The van der Waals surface area contributed by atoms with E-state index < -0.39 is 23.2 Å². The first-order valence-electron chi connectivity index (χ1n) is 10.8. The smallest absolute Gasteiger partial charge is 0.253 e. The Kier molecular flexibility index (Phi) is 7.91. The van der Waals surface area contributed by atoms with Gasteiger partial charge in [-0.3, -0.25) is 9.69 Å². The maximum atomic E-state index is 14.0. The number of rotatable bonds is 8. The van der Waals surface area contributed by atoms with E-state index in [0.29, 0.717) is 43.7 Å². The molecule has 5 N–H and O–H groups in total. The molecule has 3 rings (SSSR count). The zero-order valence-corrected chi connectivity index (χ0v) is 18.9. The second-order valence-electron chi connectivity index (χ2n) is 8.39. The van der Waals surface area contributed by atoms with Gasteiger partial charge in [-0.15, -0.1) is 0 Å². The zero-order chi connectivity index (χ0) is 24.7. The summed E-state index contributed by atoms with van der Waals surface area (Å²) in [5.74, 6) is -1.82. The molecular weight excluding hydrogens is 440 g/mol. The van der Waals surface area contributed by atoms with Gasteiger partial charge in [-0.2, -0.15) is 9.65 Å². The first kappa shape index (κ1) is 24.8. The summed E-state index contributed by atoms with van der Waals surface area (Å²) in [6, 6.07) is 9.28. The molecule has 1 amide bonds. The van der Waals surface area contributed by atoms with E-state index >= 15 is 0 Å². The Labute approximate surface area is 197 Å². The minimum Gasteiger partial charge on any atom is -0.384 e. The number of benzene rings is 1. The van der Waals surface area contributed by atoms with Crippen LogP contribution in [0.5, 0.6) is 0 Å². The molecule has 1 saturated heterocycles. The summed E-state index contributed by atoms with van der Waals surface area (Å²) < 4.78 is 27.2. The normalized spacial score (nSPS) is 16.6. The summed E-state index contributed by atoms with van der Waals surface area (Å²) in [6.45, 7) is 3.51. The van der Waals surface area contributed by atoms with E-state index in [1.807, 2.05) is 6.92 Å². The number of aryl methyl sites for hydroxylation is 1. The van der Waals surface area contributed by atoms with Crippen LogP contribution in [0.25, 0.3) is 0 Å². The number of aromatic nitrogens is 1. The average Bonchev–Trinajstić information content (AvgIpc) is 2.79.